The molecule has 1 aromatic carbocycles. The summed E-state index contributed by atoms with van der Waals surface area (Å²) in [7, 11) is 1.53. The average Bonchev–Trinajstić information content (AvgIpc) is 2.40. The SMILES string of the molecule is CC(C#N)CN(C)C(=O)Nc1ccc(Cl)cc1C(=O)O. The molecule has 1 rings (SSSR count). The number of halogens is 1. The number of nitrogens with one attached hydrogen (secondary N) is 1. The molecule has 0 radical (unpaired) electrons. The van der Waals surface area contributed by atoms with Gasteiger partial charge in [0, 0.05) is 18.6 Å². The molecule has 1 atom stereocenters. The molecule has 0 aromatic heterocycles. The van der Waals surface area contributed by atoms with Crippen molar-refractivity contribution < 1.29 is 14.7 Å². The Morgan fingerprint density at radius 1 is 1.55 bits per heavy atom. The van der Waals surface area contributed by atoms with Crippen LogP contribution in [0, 0.1) is 17.2 Å². The van der Waals surface area contributed by atoms with Gasteiger partial charge in [-0.1, -0.05) is 11.6 Å². The average molecular weight is 296 g/mol. The van der Waals surface area contributed by atoms with Gasteiger partial charge in [0.2, 0.25) is 0 Å². The van der Waals surface area contributed by atoms with E-state index >= 15 is 0 Å². The molecule has 0 aliphatic heterocycles. The second-order valence-electron chi connectivity index (χ2n) is 4.34. The molecule has 0 bridgehead atoms. The predicted octanol–water partition coefficient (Wildman–Crippen LogP) is 2.66. The quantitative estimate of drug-likeness (QED) is 0.893. The van der Waals surface area contributed by atoms with Crippen LogP contribution in [0.2, 0.25) is 5.02 Å². The smallest absolute Gasteiger partial charge is 0.337 e. The first-order valence-corrected chi connectivity index (χ1v) is 6.17. The minimum atomic E-state index is -1.18. The second-order valence-corrected chi connectivity index (χ2v) is 4.77. The van der Waals surface area contributed by atoms with Crippen LogP contribution in [-0.2, 0) is 0 Å². The van der Waals surface area contributed by atoms with Crippen molar-refractivity contribution in [2.45, 2.75) is 6.92 Å². The Morgan fingerprint density at radius 2 is 2.20 bits per heavy atom. The Hall–Kier alpha value is -2.26. The fourth-order valence-corrected chi connectivity index (χ4v) is 1.72. The molecule has 2 amide bonds. The summed E-state index contributed by atoms with van der Waals surface area (Å²) in [6.07, 6.45) is 0. The minimum absolute atomic E-state index is 0.0902. The molecule has 0 saturated heterocycles. The maximum Gasteiger partial charge on any atom is 0.337 e. The Kier molecular flexibility index (Phi) is 5.35. The lowest BCUT2D eigenvalue weighted by Crippen LogP contribution is -2.34. The molecule has 1 aromatic rings. The van der Waals surface area contributed by atoms with Crippen molar-refractivity contribution in [3.8, 4) is 6.07 Å². The first-order chi connectivity index (χ1) is 9.35. The highest BCUT2D eigenvalue weighted by molar-refractivity contribution is 6.31. The van der Waals surface area contributed by atoms with Gasteiger partial charge in [-0.2, -0.15) is 5.26 Å². The Labute approximate surface area is 121 Å². The molecule has 0 heterocycles. The number of hydrogen-bond donors (Lipinski definition) is 2. The van der Waals surface area contributed by atoms with E-state index in [4.69, 9.17) is 22.0 Å². The summed E-state index contributed by atoms with van der Waals surface area (Å²) in [6.45, 7) is 1.94. The number of carboxylic acids is 1. The molecule has 0 saturated carbocycles. The summed E-state index contributed by atoms with van der Waals surface area (Å²) in [4.78, 5) is 24.3. The van der Waals surface area contributed by atoms with Crippen molar-refractivity contribution in [2.24, 2.45) is 5.92 Å². The van der Waals surface area contributed by atoms with E-state index in [1.807, 2.05) is 6.07 Å². The van der Waals surface area contributed by atoms with Crippen LogP contribution in [0.3, 0.4) is 0 Å². The third-order valence-electron chi connectivity index (χ3n) is 2.57. The maximum absolute atomic E-state index is 11.9. The number of urea groups is 1. The summed E-state index contributed by atoms with van der Waals surface area (Å²) in [5.41, 5.74) is 0.0657. The van der Waals surface area contributed by atoms with E-state index in [2.05, 4.69) is 5.32 Å². The fourth-order valence-electron chi connectivity index (χ4n) is 1.55. The van der Waals surface area contributed by atoms with Gasteiger partial charge in [-0.25, -0.2) is 9.59 Å². The summed E-state index contributed by atoms with van der Waals surface area (Å²) in [6, 6.07) is 5.70. The number of benzene rings is 1. The number of nitriles is 1. The number of aromatic carboxylic acids is 1. The van der Waals surface area contributed by atoms with Crippen LogP contribution < -0.4 is 5.32 Å². The molecule has 6 nitrogen and oxygen atoms in total. The highest BCUT2D eigenvalue weighted by Gasteiger charge is 2.16. The van der Waals surface area contributed by atoms with Gasteiger partial charge >= 0.3 is 12.0 Å². The van der Waals surface area contributed by atoms with E-state index in [-0.39, 0.29) is 28.7 Å². The summed E-state index contributed by atoms with van der Waals surface area (Å²) in [5.74, 6) is -1.49. The second kappa shape index (κ2) is 6.78. The monoisotopic (exact) mass is 295 g/mol. The van der Waals surface area contributed by atoms with Gasteiger partial charge in [-0.15, -0.1) is 0 Å². The molecule has 0 spiro atoms. The normalized spacial score (nSPS) is 11.3. The van der Waals surface area contributed by atoms with Crippen LogP contribution in [-0.4, -0.2) is 35.6 Å². The Balaban J connectivity index is 2.86. The molecule has 0 fully saturated rings. The molecule has 106 valence electrons. The van der Waals surface area contributed by atoms with E-state index in [0.29, 0.717) is 0 Å². The summed E-state index contributed by atoms with van der Waals surface area (Å²) in [5, 5.41) is 20.5. The van der Waals surface area contributed by atoms with Gasteiger partial charge in [0.15, 0.2) is 0 Å². The van der Waals surface area contributed by atoms with Crippen molar-refractivity contribution in [2.75, 3.05) is 18.9 Å². The zero-order valence-electron chi connectivity index (χ0n) is 11.1. The van der Waals surface area contributed by atoms with E-state index in [0.717, 1.165) is 0 Å². The number of hydrogen-bond acceptors (Lipinski definition) is 3. The van der Waals surface area contributed by atoms with Crippen LogP contribution >= 0.6 is 11.6 Å². The van der Waals surface area contributed by atoms with Gasteiger partial charge < -0.3 is 15.3 Å². The van der Waals surface area contributed by atoms with Gasteiger partial charge in [-0.3, -0.25) is 0 Å². The number of anilines is 1. The third kappa shape index (κ3) is 4.14. The lowest BCUT2D eigenvalue weighted by atomic mass is 10.2. The summed E-state index contributed by atoms with van der Waals surface area (Å²) >= 11 is 5.73. The number of carbonyl (C=O) groups is 2. The predicted molar refractivity (Wildman–Crippen MR) is 74.8 cm³/mol. The molecule has 0 aliphatic carbocycles. The zero-order valence-corrected chi connectivity index (χ0v) is 11.8. The topological polar surface area (TPSA) is 93.4 Å². The van der Waals surface area contributed by atoms with Crippen molar-refractivity contribution in [3.05, 3.63) is 28.8 Å². The largest absolute Gasteiger partial charge is 0.478 e. The highest BCUT2D eigenvalue weighted by atomic mass is 35.5. The molecular weight excluding hydrogens is 282 g/mol. The lowest BCUT2D eigenvalue weighted by Gasteiger charge is -2.19. The first-order valence-electron chi connectivity index (χ1n) is 5.79. The van der Waals surface area contributed by atoms with Crippen molar-refractivity contribution in [3.63, 3.8) is 0 Å². The van der Waals surface area contributed by atoms with E-state index < -0.39 is 12.0 Å². The number of rotatable bonds is 4. The standard InChI is InChI=1S/C13H14ClN3O3/c1-8(6-15)7-17(2)13(20)16-11-4-3-9(14)5-10(11)12(18)19/h3-5,8H,7H2,1-2H3,(H,16,20)(H,18,19). The number of carbonyl (C=O) groups excluding carboxylic acids is 1. The number of carboxylic acid groups (broad SMARTS) is 1. The van der Waals surface area contributed by atoms with Crippen LogP contribution in [0.1, 0.15) is 17.3 Å². The van der Waals surface area contributed by atoms with Crippen LogP contribution in [0.5, 0.6) is 0 Å². The van der Waals surface area contributed by atoms with Gasteiger partial charge in [0.1, 0.15) is 0 Å². The zero-order chi connectivity index (χ0) is 15.3. The fraction of sp³-hybridized carbons (Fsp3) is 0.308. The van der Waals surface area contributed by atoms with Crippen LogP contribution in [0.25, 0.3) is 0 Å². The van der Waals surface area contributed by atoms with Crippen molar-refractivity contribution in [1.29, 1.82) is 5.26 Å². The molecule has 20 heavy (non-hydrogen) atoms. The van der Waals surface area contributed by atoms with Gasteiger partial charge in [-0.05, 0) is 25.1 Å². The highest BCUT2D eigenvalue weighted by Crippen LogP contribution is 2.21. The first kappa shape index (κ1) is 15.8. The molecular formula is C13H14ClN3O3. The van der Waals surface area contributed by atoms with E-state index in [9.17, 15) is 9.59 Å². The Bertz CT molecular complexity index is 568. The Morgan fingerprint density at radius 3 is 2.75 bits per heavy atom. The van der Waals surface area contributed by atoms with E-state index in [1.54, 1.807) is 6.92 Å². The van der Waals surface area contributed by atoms with Gasteiger partial charge in [0.25, 0.3) is 0 Å². The maximum atomic E-state index is 11.9. The lowest BCUT2D eigenvalue weighted by molar-refractivity contribution is 0.0698. The molecule has 1 unspecified atom stereocenters. The van der Waals surface area contributed by atoms with Crippen LogP contribution in [0.4, 0.5) is 10.5 Å². The minimum Gasteiger partial charge on any atom is -0.478 e. The number of nitrogens with zero attached hydrogens (tertiary/aromatic N) is 2. The molecule has 7 heteroatoms. The molecule has 2 N–H and O–H groups in total. The van der Waals surface area contributed by atoms with Crippen molar-refractivity contribution in [1.82, 2.24) is 4.90 Å². The van der Waals surface area contributed by atoms with Crippen molar-refractivity contribution >= 4 is 29.3 Å². The molecule has 0 aliphatic rings. The van der Waals surface area contributed by atoms with Gasteiger partial charge in [0.05, 0.1) is 23.2 Å². The van der Waals surface area contributed by atoms with Crippen LogP contribution in [0.15, 0.2) is 18.2 Å². The summed E-state index contributed by atoms with van der Waals surface area (Å²) < 4.78 is 0. The third-order valence-corrected chi connectivity index (χ3v) is 2.80. The van der Waals surface area contributed by atoms with E-state index in [1.165, 1.54) is 30.1 Å². The number of amides is 2.